The summed E-state index contributed by atoms with van der Waals surface area (Å²) in [6.45, 7) is 11.4. The Kier molecular flexibility index (Phi) is 14.7. The van der Waals surface area contributed by atoms with Gasteiger partial charge in [0.25, 0.3) is 5.91 Å². The maximum atomic E-state index is 13.5. The first kappa shape index (κ1) is 46.7. The van der Waals surface area contributed by atoms with E-state index in [2.05, 4.69) is 35.2 Å². The molecule has 3 aromatic rings. The van der Waals surface area contributed by atoms with Gasteiger partial charge in [-0.15, -0.1) is 0 Å². The number of carbonyl (C=O) groups is 4. The molecule has 352 valence electrons. The first-order valence-electron chi connectivity index (χ1n) is 23.4. The minimum atomic E-state index is -4.62. The summed E-state index contributed by atoms with van der Waals surface area (Å²) in [7, 11) is 1.54. The van der Waals surface area contributed by atoms with Crippen molar-refractivity contribution in [3.05, 3.63) is 71.0 Å². The Morgan fingerprint density at radius 3 is 2.02 bits per heavy atom. The molecule has 1 atom stereocenters. The fraction of sp³-hybridized carbons (Fsp3) is 0.562. The van der Waals surface area contributed by atoms with E-state index in [4.69, 9.17) is 10.2 Å². The van der Waals surface area contributed by atoms with Crippen molar-refractivity contribution >= 4 is 47.0 Å². The number of piperazine rings is 1. The molecule has 0 bridgehead atoms. The first-order chi connectivity index (χ1) is 31.9. The zero-order valence-electron chi connectivity index (χ0n) is 37.6. The molecule has 18 heteroatoms. The van der Waals surface area contributed by atoms with Crippen LogP contribution in [-0.4, -0.2) is 140 Å². The zero-order valence-corrected chi connectivity index (χ0v) is 37.6. The van der Waals surface area contributed by atoms with E-state index in [1.807, 2.05) is 35.4 Å². The third-order valence-electron chi connectivity index (χ3n) is 14.3. The Hall–Kier alpha value is -5.80. The standard InChI is InChI=1S/C48H60F3N11O4/c1-53-46(65)42(3-2-26-63)62-32-41-39(47(62)66)7-9-44(55-41)61-18-12-34(13-19-61)31-58-24-22-57(23-25-58)30-33-10-16-60(17-11-33)38-6-8-43(54-29-38)56-45(64)35-14-20-59(21-15-35)37-5-4-36(28-52)40(27-37)48(49,50)51/h4-9,26-27,29,33-35,42H,2-3,10-25,30-32H2,1H3,(H,53,65)(H,54,56,64). The third-order valence-corrected chi connectivity index (χ3v) is 14.3. The number of halogens is 3. The average molecular weight is 912 g/mol. The number of aldehydes is 1. The molecule has 2 N–H and O–H groups in total. The molecule has 4 saturated heterocycles. The number of rotatable bonds is 14. The lowest BCUT2D eigenvalue weighted by Crippen LogP contribution is -2.50. The van der Waals surface area contributed by atoms with Crippen LogP contribution in [0.25, 0.3) is 0 Å². The van der Waals surface area contributed by atoms with E-state index < -0.39 is 23.3 Å². The Bertz CT molecular complexity index is 2240. The number of anilines is 4. The summed E-state index contributed by atoms with van der Waals surface area (Å²) in [6.07, 6.45) is 3.85. The number of nitriles is 1. The minimum Gasteiger partial charge on any atom is -0.371 e. The maximum Gasteiger partial charge on any atom is 0.417 e. The molecule has 2 aromatic heterocycles. The molecule has 7 heterocycles. The van der Waals surface area contributed by atoms with E-state index >= 15 is 0 Å². The number of amides is 3. The van der Waals surface area contributed by atoms with Gasteiger partial charge < -0.3 is 44.8 Å². The van der Waals surface area contributed by atoms with E-state index in [-0.39, 0.29) is 43.0 Å². The molecule has 5 aliphatic heterocycles. The number of likely N-dealkylation sites (N-methyl/N-ethyl adjacent to an activating group) is 1. The molecular formula is C48H60F3N11O4. The lowest BCUT2D eigenvalue weighted by atomic mass is 9.94. The third kappa shape index (κ3) is 10.9. The Balaban J connectivity index is 0.711. The van der Waals surface area contributed by atoms with Gasteiger partial charge >= 0.3 is 6.18 Å². The number of carbonyl (C=O) groups excluding carboxylic acids is 4. The van der Waals surface area contributed by atoms with E-state index in [1.165, 1.54) is 24.1 Å². The van der Waals surface area contributed by atoms with Gasteiger partial charge in [0.2, 0.25) is 11.8 Å². The van der Waals surface area contributed by atoms with Crippen LogP contribution >= 0.6 is 0 Å². The van der Waals surface area contributed by atoms with Crippen molar-refractivity contribution in [1.82, 2.24) is 30.0 Å². The van der Waals surface area contributed by atoms with Crippen LogP contribution in [-0.2, 0) is 27.1 Å². The molecule has 15 nitrogen and oxygen atoms in total. The first-order valence-corrected chi connectivity index (χ1v) is 23.4. The summed E-state index contributed by atoms with van der Waals surface area (Å²) >= 11 is 0. The lowest BCUT2D eigenvalue weighted by Gasteiger charge is -2.41. The second kappa shape index (κ2) is 20.8. The zero-order chi connectivity index (χ0) is 46.4. The Morgan fingerprint density at radius 2 is 1.44 bits per heavy atom. The number of hydrogen-bond donors (Lipinski definition) is 2. The molecule has 0 radical (unpaired) electrons. The fourth-order valence-electron chi connectivity index (χ4n) is 10.4. The normalized spacial score (nSPS) is 20.0. The number of alkyl halides is 3. The highest BCUT2D eigenvalue weighted by atomic mass is 19.4. The number of piperidine rings is 3. The predicted octanol–water partition coefficient (Wildman–Crippen LogP) is 5.02. The van der Waals surface area contributed by atoms with Gasteiger partial charge in [0.15, 0.2) is 0 Å². The van der Waals surface area contributed by atoms with Crippen LogP contribution < -0.4 is 25.3 Å². The van der Waals surface area contributed by atoms with Gasteiger partial charge in [0.05, 0.1) is 46.9 Å². The number of hydrogen-bond acceptors (Lipinski definition) is 12. The highest BCUT2D eigenvalue weighted by Crippen LogP contribution is 2.36. The van der Waals surface area contributed by atoms with Crippen LogP contribution in [0.1, 0.15) is 78.5 Å². The van der Waals surface area contributed by atoms with Gasteiger partial charge in [-0.05, 0) is 99.2 Å². The summed E-state index contributed by atoms with van der Waals surface area (Å²) in [5.74, 6) is 1.72. The van der Waals surface area contributed by atoms with Crippen molar-refractivity contribution in [2.75, 3.05) is 106 Å². The Morgan fingerprint density at radius 1 is 0.833 bits per heavy atom. The number of fused-ring (bicyclic) bond motifs is 1. The van der Waals surface area contributed by atoms with Crippen LogP contribution in [0.4, 0.5) is 36.2 Å². The molecule has 0 aliphatic carbocycles. The molecule has 1 unspecified atom stereocenters. The van der Waals surface area contributed by atoms with Crippen molar-refractivity contribution in [3.63, 3.8) is 0 Å². The smallest absolute Gasteiger partial charge is 0.371 e. The minimum absolute atomic E-state index is 0.142. The summed E-state index contributed by atoms with van der Waals surface area (Å²) in [6, 6.07) is 12.3. The number of pyridine rings is 2. The highest BCUT2D eigenvalue weighted by molar-refractivity contribution is 6.01. The van der Waals surface area contributed by atoms with Crippen LogP contribution in [0.3, 0.4) is 0 Å². The predicted molar refractivity (Wildman–Crippen MR) is 244 cm³/mol. The summed E-state index contributed by atoms with van der Waals surface area (Å²) in [4.78, 5) is 72.6. The largest absolute Gasteiger partial charge is 0.417 e. The number of nitrogens with zero attached hydrogens (tertiary/aromatic N) is 9. The van der Waals surface area contributed by atoms with E-state index in [1.54, 1.807) is 6.07 Å². The second-order valence-corrected chi connectivity index (χ2v) is 18.4. The topological polar surface area (TPSA) is 161 Å². The summed E-state index contributed by atoms with van der Waals surface area (Å²) in [5.41, 5.74) is 1.30. The van der Waals surface area contributed by atoms with Gasteiger partial charge in [0, 0.05) is 104 Å². The van der Waals surface area contributed by atoms with Crippen LogP contribution in [0.15, 0.2) is 48.7 Å². The number of aromatic nitrogens is 2. The highest BCUT2D eigenvalue weighted by Gasteiger charge is 2.38. The number of nitrogens with one attached hydrogen (secondary N) is 2. The van der Waals surface area contributed by atoms with Crippen molar-refractivity contribution < 1.29 is 32.3 Å². The summed E-state index contributed by atoms with van der Waals surface area (Å²) in [5, 5.41) is 14.7. The number of benzene rings is 1. The Labute approximate surface area is 384 Å². The second-order valence-electron chi connectivity index (χ2n) is 18.4. The fourth-order valence-corrected chi connectivity index (χ4v) is 10.4. The molecule has 5 aliphatic rings. The molecular weight excluding hydrogens is 852 g/mol. The van der Waals surface area contributed by atoms with E-state index in [0.717, 1.165) is 115 Å². The average Bonchev–Trinajstić information content (AvgIpc) is 3.66. The molecule has 4 fully saturated rings. The maximum absolute atomic E-state index is 13.5. The van der Waals surface area contributed by atoms with Gasteiger partial charge in [-0.3, -0.25) is 14.4 Å². The van der Waals surface area contributed by atoms with Crippen molar-refractivity contribution in [2.24, 2.45) is 17.8 Å². The molecule has 0 saturated carbocycles. The van der Waals surface area contributed by atoms with Crippen molar-refractivity contribution in [2.45, 2.75) is 70.1 Å². The van der Waals surface area contributed by atoms with Gasteiger partial charge in [0.1, 0.15) is 24.0 Å². The van der Waals surface area contributed by atoms with Crippen LogP contribution in [0.5, 0.6) is 0 Å². The SMILES string of the molecule is CNC(=O)C(CCC=O)N1Cc2nc(N3CCC(CN4CCN(CC5CCN(c6ccc(NC(=O)C7CCN(c8ccc(C#N)c(C(F)(F)F)c8)CC7)nc6)CC5)CC4)CC3)ccc2C1=O. The van der Waals surface area contributed by atoms with Gasteiger partial charge in [-0.2, -0.15) is 18.4 Å². The van der Waals surface area contributed by atoms with Crippen molar-refractivity contribution in [3.8, 4) is 6.07 Å². The van der Waals surface area contributed by atoms with Crippen molar-refractivity contribution in [1.29, 1.82) is 5.26 Å². The monoisotopic (exact) mass is 911 g/mol. The molecule has 8 rings (SSSR count). The molecule has 3 amide bonds. The molecule has 0 spiro atoms. The van der Waals surface area contributed by atoms with E-state index in [9.17, 15) is 32.3 Å². The summed E-state index contributed by atoms with van der Waals surface area (Å²) < 4.78 is 40.5. The molecule has 66 heavy (non-hydrogen) atoms. The molecule has 1 aromatic carbocycles. The van der Waals surface area contributed by atoms with Crippen LogP contribution in [0.2, 0.25) is 0 Å². The van der Waals surface area contributed by atoms with E-state index in [0.29, 0.717) is 60.5 Å². The van der Waals surface area contributed by atoms with Gasteiger partial charge in [-0.25, -0.2) is 9.97 Å². The lowest BCUT2D eigenvalue weighted by molar-refractivity contribution is -0.137. The van der Waals surface area contributed by atoms with Crippen LogP contribution in [0, 0.1) is 29.1 Å². The quantitative estimate of drug-likeness (QED) is 0.208. The van der Waals surface area contributed by atoms with Gasteiger partial charge in [-0.1, -0.05) is 0 Å².